The summed E-state index contributed by atoms with van der Waals surface area (Å²) < 4.78 is 11.5. The summed E-state index contributed by atoms with van der Waals surface area (Å²) in [6.45, 7) is 4.38. The maximum absolute atomic E-state index is 13.2. The van der Waals surface area contributed by atoms with E-state index in [1.807, 2.05) is 31.2 Å². The molecule has 6 heteroatoms. The fourth-order valence-corrected chi connectivity index (χ4v) is 4.41. The average molecular weight is 429 g/mol. The quantitative estimate of drug-likeness (QED) is 0.366. The van der Waals surface area contributed by atoms with Gasteiger partial charge in [0.1, 0.15) is 29.1 Å². The Hall–Kier alpha value is -3.80. The summed E-state index contributed by atoms with van der Waals surface area (Å²) >= 11 is 0. The summed E-state index contributed by atoms with van der Waals surface area (Å²) in [6.07, 6.45) is 1.72. The lowest BCUT2D eigenvalue weighted by Gasteiger charge is -2.24. The zero-order valence-electron chi connectivity index (χ0n) is 17.9. The molecule has 3 aromatic rings. The number of anilines is 1. The van der Waals surface area contributed by atoms with Crippen LogP contribution in [-0.4, -0.2) is 23.4 Å². The van der Waals surface area contributed by atoms with Crippen LogP contribution in [0.4, 0.5) is 5.69 Å². The first-order valence-corrected chi connectivity index (χ1v) is 10.6. The zero-order chi connectivity index (χ0) is 22.4. The number of hydrogen-bond donors (Lipinski definition) is 1. The number of ether oxygens (including phenoxy) is 1. The van der Waals surface area contributed by atoms with Gasteiger partial charge in [0, 0.05) is 11.3 Å². The van der Waals surface area contributed by atoms with Gasteiger partial charge in [-0.2, -0.15) is 0 Å². The molecule has 3 heterocycles. The van der Waals surface area contributed by atoms with Gasteiger partial charge in [-0.25, -0.2) is 0 Å². The third-order valence-electron chi connectivity index (χ3n) is 5.94. The highest BCUT2D eigenvalue weighted by molar-refractivity contribution is 6.51. The number of fused-ring (bicyclic) bond motifs is 1. The van der Waals surface area contributed by atoms with Gasteiger partial charge in [0.2, 0.25) is 0 Å². The highest BCUT2D eigenvalue weighted by Crippen LogP contribution is 2.43. The molecule has 0 spiro atoms. The van der Waals surface area contributed by atoms with Crippen molar-refractivity contribution in [2.45, 2.75) is 32.7 Å². The summed E-state index contributed by atoms with van der Waals surface area (Å²) in [6, 6.07) is 15.4. The molecule has 1 saturated heterocycles. The second-order valence-electron chi connectivity index (χ2n) is 8.23. The molecule has 0 saturated carbocycles. The highest BCUT2D eigenvalue weighted by atomic mass is 16.5. The standard InChI is InChI=1S/C26H23NO5/c1-15-5-3-7-19(13-15)27-23(21-10-8-16(2)32-21)22(25(29)26(27)30)24(28)18-9-11-20-17(14-18)6-4-12-31-20/h3,5,7-11,13-14,23,28H,4,6,12H2,1-2H3/b24-22-. The maximum Gasteiger partial charge on any atom is 0.300 e. The Bertz CT molecular complexity index is 1270. The van der Waals surface area contributed by atoms with Gasteiger partial charge in [-0.3, -0.25) is 14.5 Å². The number of ketones is 1. The van der Waals surface area contributed by atoms with E-state index in [4.69, 9.17) is 9.15 Å². The molecule has 0 bridgehead atoms. The minimum absolute atomic E-state index is 0.0162. The molecule has 1 aromatic heterocycles. The number of aliphatic hydroxyl groups excluding tert-OH is 1. The van der Waals surface area contributed by atoms with Crippen molar-refractivity contribution in [3.63, 3.8) is 0 Å². The Morgan fingerprint density at radius 3 is 2.66 bits per heavy atom. The van der Waals surface area contributed by atoms with E-state index in [1.54, 1.807) is 37.3 Å². The van der Waals surface area contributed by atoms with Crippen molar-refractivity contribution in [1.82, 2.24) is 0 Å². The van der Waals surface area contributed by atoms with Crippen LogP contribution in [0.15, 0.2) is 64.6 Å². The van der Waals surface area contributed by atoms with E-state index < -0.39 is 17.7 Å². The molecule has 2 aliphatic rings. The minimum Gasteiger partial charge on any atom is -0.507 e. The number of Topliss-reactive ketones (excluding diaryl/α,β-unsaturated/α-hetero) is 1. The van der Waals surface area contributed by atoms with Crippen LogP contribution in [-0.2, 0) is 16.0 Å². The van der Waals surface area contributed by atoms with Gasteiger partial charge < -0.3 is 14.3 Å². The normalized spacial score (nSPS) is 19.7. The molecule has 32 heavy (non-hydrogen) atoms. The molecule has 2 aliphatic heterocycles. The number of rotatable bonds is 3. The van der Waals surface area contributed by atoms with Crippen molar-refractivity contribution in [3.8, 4) is 5.75 Å². The van der Waals surface area contributed by atoms with Crippen molar-refractivity contribution < 1.29 is 23.8 Å². The highest BCUT2D eigenvalue weighted by Gasteiger charge is 2.48. The van der Waals surface area contributed by atoms with E-state index in [1.165, 1.54) is 4.90 Å². The molecule has 0 aliphatic carbocycles. The molecule has 162 valence electrons. The van der Waals surface area contributed by atoms with Crippen LogP contribution in [0.2, 0.25) is 0 Å². The topological polar surface area (TPSA) is 80.0 Å². The van der Waals surface area contributed by atoms with Crippen LogP contribution in [0.25, 0.3) is 5.76 Å². The van der Waals surface area contributed by atoms with Crippen LogP contribution in [0.3, 0.4) is 0 Å². The molecule has 6 nitrogen and oxygen atoms in total. The monoisotopic (exact) mass is 429 g/mol. The number of nitrogens with zero attached hydrogens (tertiary/aromatic N) is 1. The first-order chi connectivity index (χ1) is 15.4. The van der Waals surface area contributed by atoms with Gasteiger partial charge in [-0.05, 0) is 80.3 Å². The van der Waals surface area contributed by atoms with Gasteiger partial charge in [-0.15, -0.1) is 0 Å². The van der Waals surface area contributed by atoms with Crippen molar-refractivity contribution in [2.75, 3.05) is 11.5 Å². The first kappa shape index (κ1) is 20.1. The van der Waals surface area contributed by atoms with E-state index in [2.05, 4.69) is 0 Å². The fourth-order valence-electron chi connectivity index (χ4n) is 4.41. The lowest BCUT2D eigenvalue weighted by molar-refractivity contribution is -0.132. The molecule has 1 atom stereocenters. The Morgan fingerprint density at radius 1 is 1.06 bits per heavy atom. The molecule has 2 aromatic carbocycles. The lowest BCUT2D eigenvalue weighted by Crippen LogP contribution is -2.29. The van der Waals surface area contributed by atoms with Gasteiger partial charge in [-0.1, -0.05) is 12.1 Å². The molecule has 0 radical (unpaired) electrons. The van der Waals surface area contributed by atoms with E-state index in [-0.39, 0.29) is 11.3 Å². The van der Waals surface area contributed by atoms with Crippen LogP contribution in [0.5, 0.6) is 5.75 Å². The number of aryl methyl sites for hydroxylation is 3. The number of hydrogen-bond acceptors (Lipinski definition) is 5. The van der Waals surface area contributed by atoms with E-state index in [9.17, 15) is 14.7 Å². The fraction of sp³-hybridized carbons (Fsp3) is 0.231. The summed E-state index contributed by atoms with van der Waals surface area (Å²) in [5.41, 5.74) is 2.99. The Kier molecular flexibility index (Phi) is 4.85. The number of aliphatic hydroxyl groups is 1. The van der Waals surface area contributed by atoms with Crippen molar-refractivity contribution >= 4 is 23.1 Å². The molecule has 5 rings (SSSR count). The third kappa shape index (κ3) is 3.28. The van der Waals surface area contributed by atoms with Crippen LogP contribution >= 0.6 is 0 Å². The largest absolute Gasteiger partial charge is 0.507 e. The van der Waals surface area contributed by atoms with Crippen molar-refractivity contribution in [2.24, 2.45) is 0 Å². The summed E-state index contributed by atoms with van der Waals surface area (Å²) in [5.74, 6) is 0.207. The number of amides is 1. The second-order valence-corrected chi connectivity index (χ2v) is 8.23. The van der Waals surface area contributed by atoms with Gasteiger partial charge in [0.05, 0.1) is 12.2 Å². The van der Waals surface area contributed by atoms with Crippen molar-refractivity contribution in [1.29, 1.82) is 0 Å². The summed E-state index contributed by atoms with van der Waals surface area (Å²) in [4.78, 5) is 27.8. The van der Waals surface area contributed by atoms with Crippen LogP contribution in [0, 0.1) is 13.8 Å². The van der Waals surface area contributed by atoms with Crippen molar-refractivity contribution in [3.05, 3.63) is 88.4 Å². The predicted octanol–water partition coefficient (Wildman–Crippen LogP) is 4.85. The predicted molar refractivity (Wildman–Crippen MR) is 120 cm³/mol. The summed E-state index contributed by atoms with van der Waals surface area (Å²) in [7, 11) is 0. The Morgan fingerprint density at radius 2 is 1.91 bits per heavy atom. The number of carbonyl (C=O) groups excluding carboxylic acids is 2. The SMILES string of the molecule is Cc1cccc(N2C(=O)C(=O)/C(=C(\O)c3ccc4c(c3)CCCO4)C2c2ccc(C)o2)c1. The van der Waals surface area contributed by atoms with E-state index in [0.717, 1.165) is 29.7 Å². The smallest absolute Gasteiger partial charge is 0.300 e. The van der Waals surface area contributed by atoms with Gasteiger partial charge in [0.15, 0.2) is 0 Å². The van der Waals surface area contributed by atoms with Gasteiger partial charge >= 0.3 is 0 Å². The molecule has 1 unspecified atom stereocenters. The van der Waals surface area contributed by atoms with E-state index in [0.29, 0.717) is 29.4 Å². The number of furan rings is 1. The minimum atomic E-state index is -0.863. The first-order valence-electron chi connectivity index (χ1n) is 10.6. The third-order valence-corrected chi connectivity index (χ3v) is 5.94. The Labute approximate surface area is 185 Å². The summed E-state index contributed by atoms with van der Waals surface area (Å²) in [5, 5.41) is 11.3. The molecule has 1 amide bonds. The number of carbonyl (C=O) groups is 2. The maximum atomic E-state index is 13.2. The van der Waals surface area contributed by atoms with Gasteiger partial charge in [0.25, 0.3) is 11.7 Å². The molecular weight excluding hydrogens is 406 g/mol. The number of benzene rings is 2. The molecule has 1 fully saturated rings. The van der Waals surface area contributed by atoms with Crippen LogP contribution < -0.4 is 9.64 Å². The molecule has 1 N–H and O–H groups in total. The second kappa shape index (κ2) is 7.71. The molecular formula is C26H23NO5. The lowest BCUT2D eigenvalue weighted by atomic mass is 9.96. The van der Waals surface area contributed by atoms with Crippen LogP contribution in [0.1, 0.15) is 40.7 Å². The average Bonchev–Trinajstić information content (AvgIpc) is 3.33. The van der Waals surface area contributed by atoms with E-state index >= 15 is 0 Å². The Balaban J connectivity index is 1.69. The zero-order valence-corrected chi connectivity index (χ0v) is 17.9.